The number of hydrogen-bond acceptors (Lipinski definition) is 7. The van der Waals surface area contributed by atoms with Gasteiger partial charge in [-0.3, -0.25) is 4.72 Å². The average molecular weight is 392 g/mol. The molecule has 0 amide bonds. The molecule has 0 saturated carbocycles. The molecule has 0 spiro atoms. The number of ether oxygens (including phenoxy) is 3. The molecule has 3 aromatic rings. The van der Waals surface area contributed by atoms with Crippen molar-refractivity contribution in [1.29, 1.82) is 0 Å². The Morgan fingerprint density at radius 2 is 1.67 bits per heavy atom. The Morgan fingerprint density at radius 3 is 2.22 bits per heavy atom. The number of benzene rings is 2. The van der Waals surface area contributed by atoms with Gasteiger partial charge in [-0.15, -0.1) is 0 Å². The number of methoxy groups -OCH3 is 3. The Balaban J connectivity index is 2.14. The molecule has 0 saturated heterocycles. The molecule has 3 rings (SSSR count). The lowest BCUT2D eigenvalue weighted by Crippen LogP contribution is -2.16. The van der Waals surface area contributed by atoms with Gasteiger partial charge in [-0.1, -0.05) is 18.1 Å². The van der Waals surface area contributed by atoms with Crippen LogP contribution in [-0.2, 0) is 16.4 Å². The van der Waals surface area contributed by atoms with Crippen LogP contribution in [0.5, 0.6) is 17.2 Å². The topological polar surface area (TPSA) is 99.9 Å². The van der Waals surface area contributed by atoms with Gasteiger partial charge in [0.05, 0.1) is 21.3 Å². The number of anilines is 1. The van der Waals surface area contributed by atoms with Crippen LogP contribution in [0.1, 0.15) is 12.5 Å². The summed E-state index contributed by atoms with van der Waals surface area (Å²) < 4.78 is 49.8. The Hall–Kier alpha value is -2.94. The molecular weight excluding hydrogens is 372 g/mol. The van der Waals surface area contributed by atoms with Crippen LogP contribution >= 0.6 is 0 Å². The molecule has 9 heteroatoms. The Kier molecular flexibility index (Phi) is 5.13. The van der Waals surface area contributed by atoms with Crippen LogP contribution < -0.4 is 18.9 Å². The van der Waals surface area contributed by atoms with Gasteiger partial charge in [-0.25, -0.2) is 8.42 Å². The second kappa shape index (κ2) is 7.36. The highest BCUT2D eigenvalue weighted by Crippen LogP contribution is 2.38. The minimum atomic E-state index is -4.09. The van der Waals surface area contributed by atoms with Gasteiger partial charge in [0.1, 0.15) is 22.6 Å². The van der Waals surface area contributed by atoms with E-state index in [1.807, 2.05) is 6.92 Å². The lowest BCUT2D eigenvalue weighted by Gasteiger charge is -2.15. The number of fused-ring (bicyclic) bond motifs is 1. The van der Waals surface area contributed by atoms with E-state index in [0.29, 0.717) is 23.1 Å². The summed E-state index contributed by atoms with van der Waals surface area (Å²) in [7, 11) is 0.203. The molecule has 0 bridgehead atoms. The van der Waals surface area contributed by atoms with Crippen LogP contribution in [0.3, 0.4) is 0 Å². The lowest BCUT2D eigenvalue weighted by molar-refractivity contribution is 0.372. The third-order valence-corrected chi connectivity index (χ3v) is 5.51. The zero-order valence-electron chi connectivity index (χ0n) is 15.4. The van der Waals surface area contributed by atoms with Gasteiger partial charge in [0.25, 0.3) is 10.0 Å². The second-order valence-electron chi connectivity index (χ2n) is 5.65. The Bertz CT molecular complexity index is 1050. The Morgan fingerprint density at radius 1 is 1.04 bits per heavy atom. The number of hydrogen-bond donors (Lipinski definition) is 1. The molecule has 2 aromatic carbocycles. The highest BCUT2D eigenvalue weighted by molar-refractivity contribution is 7.93. The molecule has 1 heterocycles. The van der Waals surface area contributed by atoms with Gasteiger partial charge in [0.15, 0.2) is 16.3 Å². The van der Waals surface area contributed by atoms with Crippen LogP contribution in [0.15, 0.2) is 39.8 Å². The number of nitrogens with one attached hydrogen (secondary N) is 1. The van der Waals surface area contributed by atoms with E-state index in [1.165, 1.54) is 21.3 Å². The monoisotopic (exact) mass is 392 g/mol. The molecule has 144 valence electrons. The summed E-state index contributed by atoms with van der Waals surface area (Å²) >= 11 is 0. The van der Waals surface area contributed by atoms with Crippen molar-refractivity contribution < 1.29 is 27.2 Å². The maximum atomic E-state index is 13.1. The van der Waals surface area contributed by atoms with E-state index in [9.17, 15) is 8.42 Å². The predicted molar refractivity (Wildman–Crippen MR) is 100 cm³/mol. The zero-order valence-corrected chi connectivity index (χ0v) is 16.2. The molecule has 8 nitrogen and oxygen atoms in total. The number of nitrogens with zero attached hydrogens (tertiary/aromatic N) is 1. The van der Waals surface area contributed by atoms with Gasteiger partial charge < -0.3 is 18.7 Å². The van der Waals surface area contributed by atoms with E-state index >= 15 is 0 Å². The van der Waals surface area contributed by atoms with Gasteiger partial charge in [-0.05, 0) is 36.2 Å². The van der Waals surface area contributed by atoms with Crippen molar-refractivity contribution in [2.75, 3.05) is 26.1 Å². The number of aryl methyl sites for hydroxylation is 1. The molecule has 0 aliphatic carbocycles. The molecule has 1 aromatic heterocycles. The summed E-state index contributed by atoms with van der Waals surface area (Å²) in [5, 5.41) is 4.26. The Labute approximate surface area is 157 Å². The first-order valence-corrected chi connectivity index (χ1v) is 9.63. The largest absolute Gasteiger partial charge is 0.496 e. The van der Waals surface area contributed by atoms with E-state index in [4.69, 9.17) is 18.7 Å². The summed E-state index contributed by atoms with van der Waals surface area (Å²) in [5.41, 5.74) is 1.28. The summed E-state index contributed by atoms with van der Waals surface area (Å²) in [6.07, 6.45) is 0.700. The first-order chi connectivity index (χ1) is 12.9. The summed E-state index contributed by atoms with van der Waals surface area (Å²) in [5.74, 6) is 0.815. The van der Waals surface area contributed by atoms with E-state index in [0.717, 1.165) is 5.56 Å². The molecule has 0 atom stereocenters. The quantitative estimate of drug-likeness (QED) is 0.659. The van der Waals surface area contributed by atoms with Crippen molar-refractivity contribution in [3.63, 3.8) is 0 Å². The van der Waals surface area contributed by atoms with Crippen molar-refractivity contribution >= 4 is 26.8 Å². The van der Waals surface area contributed by atoms with Crippen molar-refractivity contribution in [2.24, 2.45) is 0 Å². The standard InChI is InChI=1S/C18H20N2O6S/c1-5-11-9-14(24-3)17(15(10-11)25-4)27(21,22)20-18-16-12(23-2)7-6-8-13(16)26-19-18/h6-10H,5H2,1-4H3,(H,19,20). The third-order valence-electron chi connectivity index (χ3n) is 4.11. The fraction of sp³-hybridized carbons (Fsp3) is 0.278. The maximum Gasteiger partial charge on any atom is 0.270 e. The minimum absolute atomic E-state index is 0.0196. The molecule has 0 fully saturated rings. The van der Waals surface area contributed by atoms with Crippen LogP contribution in [0.2, 0.25) is 0 Å². The average Bonchev–Trinajstić information content (AvgIpc) is 3.08. The van der Waals surface area contributed by atoms with Crippen LogP contribution in [0.4, 0.5) is 5.82 Å². The molecular formula is C18H20N2O6S. The minimum Gasteiger partial charge on any atom is -0.496 e. The summed E-state index contributed by atoms with van der Waals surface area (Å²) in [4.78, 5) is -0.115. The lowest BCUT2D eigenvalue weighted by atomic mass is 10.1. The molecule has 0 radical (unpaired) electrons. The highest BCUT2D eigenvalue weighted by Gasteiger charge is 2.28. The molecule has 0 aliphatic rings. The SMILES string of the molecule is CCc1cc(OC)c(S(=O)(=O)Nc2noc3cccc(OC)c23)c(OC)c1. The smallest absolute Gasteiger partial charge is 0.270 e. The van der Waals surface area contributed by atoms with E-state index in [1.54, 1.807) is 30.3 Å². The fourth-order valence-corrected chi connectivity index (χ4v) is 4.09. The van der Waals surface area contributed by atoms with Gasteiger partial charge in [0.2, 0.25) is 0 Å². The molecule has 0 unspecified atom stereocenters. The highest BCUT2D eigenvalue weighted by atomic mass is 32.2. The molecule has 0 aliphatic heterocycles. The first kappa shape index (κ1) is 18.8. The predicted octanol–water partition coefficient (Wildman–Crippen LogP) is 3.22. The molecule has 27 heavy (non-hydrogen) atoms. The molecule has 1 N–H and O–H groups in total. The third kappa shape index (κ3) is 3.37. The van der Waals surface area contributed by atoms with Crippen molar-refractivity contribution in [1.82, 2.24) is 5.16 Å². The van der Waals surface area contributed by atoms with Crippen molar-refractivity contribution in [2.45, 2.75) is 18.2 Å². The number of aromatic nitrogens is 1. The number of sulfonamides is 1. The maximum absolute atomic E-state index is 13.1. The van der Waals surface area contributed by atoms with Gasteiger partial charge >= 0.3 is 0 Å². The zero-order chi connectivity index (χ0) is 19.6. The van der Waals surface area contributed by atoms with E-state index in [-0.39, 0.29) is 22.2 Å². The fourth-order valence-electron chi connectivity index (χ4n) is 2.78. The van der Waals surface area contributed by atoms with Crippen LogP contribution in [-0.4, -0.2) is 34.9 Å². The second-order valence-corrected chi connectivity index (χ2v) is 7.27. The summed E-state index contributed by atoms with van der Waals surface area (Å²) in [6.45, 7) is 1.95. The van der Waals surface area contributed by atoms with Crippen molar-refractivity contribution in [3.8, 4) is 17.2 Å². The van der Waals surface area contributed by atoms with Crippen LogP contribution in [0.25, 0.3) is 11.0 Å². The van der Waals surface area contributed by atoms with E-state index < -0.39 is 10.0 Å². The van der Waals surface area contributed by atoms with Crippen LogP contribution in [0, 0.1) is 0 Å². The summed E-state index contributed by atoms with van der Waals surface area (Å²) in [6, 6.07) is 8.41. The van der Waals surface area contributed by atoms with Gasteiger partial charge in [0, 0.05) is 0 Å². The first-order valence-electron chi connectivity index (χ1n) is 8.15. The number of rotatable bonds is 7. The van der Waals surface area contributed by atoms with E-state index in [2.05, 4.69) is 9.88 Å². The van der Waals surface area contributed by atoms with Crippen molar-refractivity contribution in [3.05, 3.63) is 35.9 Å². The normalized spacial score (nSPS) is 11.4. The van der Waals surface area contributed by atoms with Gasteiger partial charge in [-0.2, -0.15) is 0 Å².